The molecule has 1 heterocycles. The third-order valence-electron chi connectivity index (χ3n) is 3.88. The van der Waals surface area contributed by atoms with E-state index >= 15 is 0 Å². The normalized spacial score (nSPS) is 12.8. The number of amides is 1. The first-order chi connectivity index (χ1) is 11.8. The number of aryl methyl sites for hydroxylation is 2. The summed E-state index contributed by atoms with van der Waals surface area (Å²) in [6.07, 6.45) is -0.514. The van der Waals surface area contributed by atoms with Crippen LogP contribution in [0.25, 0.3) is 0 Å². The number of nitrogens with one attached hydrogen (secondary N) is 1. The molecule has 0 aliphatic rings. The molecule has 0 radical (unpaired) electrons. The zero-order chi connectivity index (χ0) is 18.4. The maximum atomic E-state index is 12.1. The third kappa shape index (κ3) is 5.44. The van der Waals surface area contributed by atoms with Gasteiger partial charge in [0.2, 0.25) is 5.91 Å². The number of carbonyl (C=O) groups is 1. The van der Waals surface area contributed by atoms with Crippen LogP contribution in [-0.2, 0) is 14.6 Å². The fourth-order valence-corrected chi connectivity index (χ4v) is 3.81. The Morgan fingerprint density at radius 3 is 2.52 bits per heavy atom. The fourth-order valence-electron chi connectivity index (χ4n) is 2.55. The van der Waals surface area contributed by atoms with Gasteiger partial charge in [0.05, 0.1) is 16.8 Å². The first-order valence-corrected chi connectivity index (χ1v) is 9.74. The number of hydrogen-bond donors (Lipinski definition) is 2. The summed E-state index contributed by atoms with van der Waals surface area (Å²) in [6, 6.07) is 9.83. The van der Waals surface area contributed by atoms with Gasteiger partial charge in [0, 0.05) is 18.5 Å². The smallest absolute Gasteiger partial charge is 0.221 e. The number of aliphatic hydroxyl groups is 1. The van der Waals surface area contributed by atoms with E-state index in [2.05, 4.69) is 5.32 Å². The molecule has 0 aliphatic carbocycles. The molecular formula is C18H23NO5S. The molecule has 1 unspecified atom stereocenters. The maximum absolute atomic E-state index is 12.1. The largest absolute Gasteiger partial charge is 0.466 e. The lowest BCUT2D eigenvalue weighted by Crippen LogP contribution is -2.27. The summed E-state index contributed by atoms with van der Waals surface area (Å²) >= 11 is 0. The van der Waals surface area contributed by atoms with Crippen molar-refractivity contribution in [3.05, 3.63) is 53.5 Å². The fraction of sp³-hybridized carbons (Fsp3) is 0.389. The molecule has 0 bridgehead atoms. The molecule has 1 amide bonds. The Morgan fingerprint density at radius 2 is 1.92 bits per heavy atom. The van der Waals surface area contributed by atoms with E-state index in [1.165, 1.54) is 12.1 Å². The molecule has 1 aromatic heterocycles. The van der Waals surface area contributed by atoms with E-state index in [4.69, 9.17) is 4.42 Å². The van der Waals surface area contributed by atoms with E-state index in [0.717, 1.165) is 5.76 Å². The van der Waals surface area contributed by atoms with Crippen molar-refractivity contribution in [1.82, 2.24) is 5.32 Å². The predicted octanol–water partition coefficient (Wildman–Crippen LogP) is 2.30. The molecule has 7 heteroatoms. The number of benzene rings is 1. The lowest BCUT2D eigenvalue weighted by atomic mass is 10.1. The summed E-state index contributed by atoms with van der Waals surface area (Å²) in [5.74, 6) is 0.782. The molecule has 0 fully saturated rings. The summed E-state index contributed by atoms with van der Waals surface area (Å²) in [6.45, 7) is 3.84. The van der Waals surface area contributed by atoms with Gasteiger partial charge in [-0.15, -0.1) is 0 Å². The van der Waals surface area contributed by atoms with Crippen molar-refractivity contribution in [3.63, 3.8) is 0 Å². The van der Waals surface area contributed by atoms with Crippen LogP contribution < -0.4 is 5.32 Å². The Bertz CT molecular complexity index is 811. The van der Waals surface area contributed by atoms with Crippen LogP contribution in [0.1, 0.15) is 36.0 Å². The van der Waals surface area contributed by atoms with Gasteiger partial charge < -0.3 is 14.8 Å². The van der Waals surface area contributed by atoms with Crippen molar-refractivity contribution in [1.29, 1.82) is 0 Å². The van der Waals surface area contributed by atoms with Gasteiger partial charge >= 0.3 is 0 Å². The van der Waals surface area contributed by atoms with Gasteiger partial charge in [-0.3, -0.25) is 4.79 Å². The summed E-state index contributed by atoms with van der Waals surface area (Å²) in [4.78, 5) is 12.0. The molecule has 2 rings (SSSR count). The molecule has 2 N–H and O–H groups in total. The molecule has 0 aliphatic heterocycles. The first kappa shape index (κ1) is 19.2. The maximum Gasteiger partial charge on any atom is 0.221 e. The van der Waals surface area contributed by atoms with Crippen LogP contribution in [0.15, 0.2) is 45.7 Å². The Balaban J connectivity index is 1.77. The van der Waals surface area contributed by atoms with Crippen LogP contribution in [0.3, 0.4) is 0 Å². The minimum atomic E-state index is -3.47. The average Bonchev–Trinajstić information content (AvgIpc) is 2.92. The first-order valence-electron chi connectivity index (χ1n) is 8.09. The number of sulfone groups is 1. The topological polar surface area (TPSA) is 96.6 Å². The monoisotopic (exact) mass is 365 g/mol. The van der Waals surface area contributed by atoms with E-state index in [0.29, 0.717) is 17.7 Å². The van der Waals surface area contributed by atoms with Crippen molar-refractivity contribution >= 4 is 15.7 Å². The van der Waals surface area contributed by atoms with E-state index in [-0.39, 0.29) is 29.5 Å². The van der Waals surface area contributed by atoms with Crippen LogP contribution in [0.5, 0.6) is 0 Å². The van der Waals surface area contributed by atoms with Crippen LogP contribution in [0, 0.1) is 13.8 Å². The number of carbonyl (C=O) groups excluding carboxylic acids is 1. The van der Waals surface area contributed by atoms with Crippen LogP contribution in [-0.4, -0.2) is 31.7 Å². The molecular weight excluding hydrogens is 342 g/mol. The Kier molecular flexibility index (Phi) is 6.39. The Morgan fingerprint density at radius 1 is 1.24 bits per heavy atom. The lowest BCUT2D eigenvalue weighted by Gasteiger charge is -2.11. The second-order valence-corrected chi connectivity index (χ2v) is 8.01. The minimum Gasteiger partial charge on any atom is -0.466 e. The SMILES string of the molecule is Cc1cc(C(O)CCNC(=O)CCS(=O)(=O)c2ccccc2)c(C)o1. The molecule has 1 aromatic carbocycles. The summed E-state index contributed by atoms with van der Waals surface area (Å²) < 4.78 is 29.6. The van der Waals surface area contributed by atoms with Gasteiger partial charge in [0.15, 0.2) is 9.84 Å². The van der Waals surface area contributed by atoms with Crippen LogP contribution in [0.4, 0.5) is 0 Å². The lowest BCUT2D eigenvalue weighted by molar-refractivity contribution is -0.120. The minimum absolute atomic E-state index is 0.114. The molecule has 2 aromatic rings. The second kappa shape index (κ2) is 8.31. The highest BCUT2D eigenvalue weighted by Crippen LogP contribution is 2.23. The van der Waals surface area contributed by atoms with Gasteiger partial charge in [-0.1, -0.05) is 18.2 Å². The second-order valence-electron chi connectivity index (χ2n) is 5.90. The van der Waals surface area contributed by atoms with E-state index in [9.17, 15) is 18.3 Å². The molecule has 0 saturated heterocycles. The van der Waals surface area contributed by atoms with Crippen molar-refractivity contribution in [2.45, 2.75) is 37.7 Å². The zero-order valence-electron chi connectivity index (χ0n) is 14.4. The van der Waals surface area contributed by atoms with E-state index < -0.39 is 15.9 Å². The highest BCUT2D eigenvalue weighted by Gasteiger charge is 2.17. The van der Waals surface area contributed by atoms with Gasteiger partial charge in [0.1, 0.15) is 11.5 Å². The number of aliphatic hydroxyl groups excluding tert-OH is 1. The summed E-state index contributed by atoms with van der Waals surface area (Å²) in [5.41, 5.74) is 0.707. The molecule has 25 heavy (non-hydrogen) atoms. The van der Waals surface area contributed by atoms with Crippen LogP contribution >= 0.6 is 0 Å². The molecule has 136 valence electrons. The zero-order valence-corrected chi connectivity index (χ0v) is 15.2. The van der Waals surface area contributed by atoms with Gasteiger partial charge in [-0.2, -0.15) is 0 Å². The van der Waals surface area contributed by atoms with Crippen LogP contribution in [0.2, 0.25) is 0 Å². The van der Waals surface area contributed by atoms with E-state index in [1.54, 1.807) is 38.1 Å². The van der Waals surface area contributed by atoms with Gasteiger partial charge in [-0.25, -0.2) is 8.42 Å². The van der Waals surface area contributed by atoms with Crippen molar-refractivity contribution < 1.29 is 22.7 Å². The Hall–Kier alpha value is -2.12. The van der Waals surface area contributed by atoms with Gasteiger partial charge in [-0.05, 0) is 38.5 Å². The van der Waals surface area contributed by atoms with E-state index in [1.807, 2.05) is 0 Å². The number of hydrogen-bond acceptors (Lipinski definition) is 5. The molecule has 1 atom stereocenters. The summed E-state index contributed by atoms with van der Waals surface area (Å²) in [7, 11) is -3.47. The quantitative estimate of drug-likeness (QED) is 0.748. The summed E-state index contributed by atoms with van der Waals surface area (Å²) in [5, 5.41) is 12.8. The highest BCUT2D eigenvalue weighted by molar-refractivity contribution is 7.91. The predicted molar refractivity (Wildman–Crippen MR) is 93.9 cm³/mol. The number of furan rings is 1. The molecule has 0 spiro atoms. The standard InChI is InChI=1S/C18H23NO5S/c1-13-12-16(14(2)24-13)17(20)8-10-19-18(21)9-11-25(22,23)15-6-4-3-5-7-15/h3-7,12,17,20H,8-11H2,1-2H3,(H,19,21). The van der Waals surface area contributed by atoms with Gasteiger partial charge in [0.25, 0.3) is 0 Å². The molecule has 6 nitrogen and oxygen atoms in total. The number of rotatable bonds is 8. The third-order valence-corrected chi connectivity index (χ3v) is 5.61. The van der Waals surface area contributed by atoms with Crippen molar-refractivity contribution in [2.75, 3.05) is 12.3 Å². The average molecular weight is 365 g/mol. The van der Waals surface area contributed by atoms with Crippen molar-refractivity contribution in [3.8, 4) is 0 Å². The molecule has 0 saturated carbocycles. The highest BCUT2D eigenvalue weighted by atomic mass is 32.2. The van der Waals surface area contributed by atoms with Crippen molar-refractivity contribution in [2.24, 2.45) is 0 Å². The Labute approximate surface area is 147 Å².